The van der Waals surface area contributed by atoms with E-state index in [9.17, 15) is 1.37 Å². The Morgan fingerprint density at radius 3 is 2.36 bits per heavy atom. The highest BCUT2D eigenvalue weighted by atomic mass is 16.3. The molecule has 3 aromatic heterocycles. The molecule has 4 aromatic rings. The predicted octanol–water partition coefficient (Wildman–Crippen LogP) is 8.58. The van der Waals surface area contributed by atoms with Crippen molar-refractivity contribution >= 4 is 22.1 Å². The van der Waals surface area contributed by atoms with Crippen LogP contribution in [-0.4, -0.2) is 4.98 Å². The smallest absolute Gasteiger partial charge is 0.227 e. The molecule has 0 spiro atoms. The van der Waals surface area contributed by atoms with Crippen molar-refractivity contribution in [3.8, 4) is 11.3 Å². The van der Waals surface area contributed by atoms with E-state index in [1.807, 2.05) is 13.0 Å². The lowest BCUT2D eigenvalue weighted by molar-refractivity contribution is -0.660. The van der Waals surface area contributed by atoms with E-state index in [1.165, 1.54) is 44.1 Å². The average Bonchev–Trinajstić information content (AvgIpc) is 3.22. The summed E-state index contributed by atoms with van der Waals surface area (Å²) in [4.78, 5) is 4.65. The molecule has 0 atom stereocenters. The summed E-state index contributed by atoms with van der Waals surface area (Å²) in [5.41, 5.74) is 7.62. The quantitative estimate of drug-likeness (QED) is 0.274. The van der Waals surface area contributed by atoms with Gasteiger partial charge in [0.25, 0.3) is 0 Å². The minimum absolute atomic E-state index is 0.512. The Hall–Kier alpha value is -2.68. The summed E-state index contributed by atoms with van der Waals surface area (Å²) < 4.78 is 18.1. The maximum atomic E-state index is 9.54. The first-order valence-corrected chi connectivity index (χ1v) is 13.9. The SMILES string of the molecule is [2H]C1(c2cc[n+](C)c(-c3c(C)ccc4c3oc3nc(C)ccc34)c2)CCC(C2CCC(C)(C)CC2)CC1. The van der Waals surface area contributed by atoms with Crippen molar-refractivity contribution < 1.29 is 10.4 Å². The van der Waals surface area contributed by atoms with Crippen LogP contribution in [0.4, 0.5) is 0 Å². The Balaban J connectivity index is 1.32. The first-order valence-electron chi connectivity index (χ1n) is 14.4. The van der Waals surface area contributed by atoms with Gasteiger partial charge in [0.1, 0.15) is 7.05 Å². The van der Waals surface area contributed by atoms with Crippen LogP contribution in [0.2, 0.25) is 0 Å². The lowest BCUT2D eigenvalue weighted by Gasteiger charge is -2.40. The number of hydrogen-bond acceptors (Lipinski definition) is 2. The second kappa shape index (κ2) is 9.01. The molecule has 2 aliphatic rings. The molecular formula is C33H41N2O+. The van der Waals surface area contributed by atoms with Gasteiger partial charge < -0.3 is 4.42 Å². The molecule has 3 heteroatoms. The van der Waals surface area contributed by atoms with Crippen molar-refractivity contribution in [2.75, 3.05) is 0 Å². The zero-order chi connectivity index (χ0) is 25.9. The molecule has 6 rings (SSSR count). The average molecular weight is 483 g/mol. The Labute approximate surface area is 217 Å². The molecule has 3 heterocycles. The molecule has 1 aromatic carbocycles. The van der Waals surface area contributed by atoms with Crippen LogP contribution in [0.1, 0.15) is 89.3 Å². The van der Waals surface area contributed by atoms with Crippen LogP contribution < -0.4 is 4.57 Å². The number of pyridine rings is 2. The van der Waals surface area contributed by atoms with Crippen molar-refractivity contribution in [3.63, 3.8) is 0 Å². The normalized spacial score (nSPS) is 25.4. The first kappa shape index (κ1) is 22.5. The molecule has 0 radical (unpaired) electrons. The van der Waals surface area contributed by atoms with Crippen LogP contribution in [0.15, 0.2) is 47.0 Å². The van der Waals surface area contributed by atoms with Gasteiger partial charge in [0.15, 0.2) is 11.8 Å². The zero-order valence-corrected chi connectivity index (χ0v) is 22.7. The van der Waals surface area contributed by atoms with Gasteiger partial charge in [-0.1, -0.05) is 26.0 Å². The molecule has 36 heavy (non-hydrogen) atoms. The number of fused-ring (bicyclic) bond motifs is 3. The van der Waals surface area contributed by atoms with Gasteiger partial charge in [-0.3, -0.25) is 0 Å². The van der Waals surface area contributed by atoms with Crippen LogP contribution in [0.5, 0.6) is 0 Å². The van der Waals surface area contributed by atoms with Gasteiger partial charge in [0.2, 0.25) is 11.4 Å². The third-order valence-electron chi connectivity index (χ3n) is 9.35. The number of hydrogen-bond donors (Lipinski definition) is 0. The maximum Gasteiger partial charge on any atom is 0.227 e. The van der Waals surface area contributed by atoms with Gasteiger partial charge in [-0.2, -0.15) is 0 Å². The fraction of sp³-hybridized carbons (Fsp3) is 0.515. The Bertz CT molecular complexity index is 1460. The molecule has 0 N–H and O–H groups in total. The number of aryl methyl sites for hydroxylation is 3. The highest BCUT2D eigenvalue weighted by Crippen LogP contribution is 2.47. The van der Waals surface area contributed by atoms with E-state index in [1.54, 1.807) is 0 Å². The van der Waals surface area contributed by atoms with Crippen LogP contribution in [0.3, 0.4) is 0 Å². The van der Waals surface area contributed by atoms with Gasteiger partial charge in [-0.15, -0.1) is 0 Å². The van der Waals surface area contributed by atoms with E-state index in [2.05, 4.69) is 73.9 Å². The van der Waals surface area contributed by atoms with Crippen molar-refractivity contribution in [2.45, 2.75) is 85.0 Å². The predicted molar refractivity (Wildman–Crippen MR) is 148 cm³/mol. The second-order valence-corrected chi connectivity index (χ2v) is 12.4. The van der Waals surface area contributed by atoms with Crippen molar-refractivity contribution in [1.29, 1.82) is 0 Å². The Kier molecular flexibility index (Phi) is 5.63. The van der Waals surface area contributed by atoms with Crippen LogP contribution in [-0.2, 0) is 7.05 Å². The fourth-order valence-corrected chi connectivity index (χ4v) is 6.91. The Morgan fingerprint density at radius 1 is 0.917 bits per heavy atom. The van der Waals surface area contributed by atoms with Gasteiger partial charge in [-0.25, -0.2) is 9.55 Å². The molecular weight excluding hydrogens is 440 g/mol. The molecule has 2 saturated carbocycles. The van der Waals surface area contributed by atoms with Gasteiger partial charge in [0.05, 0.1) is 5.56 Å². The highest BCUT2D eigenvalue weighted by Gasteiger charge is 2.34. The minimum atomic E-state index is -0.512. The number of furan rings is 1. The zero-order valence-electron chi connectivity index (χ0n) is 23.7. The van der Waals surface area contributed by atoms with E-state index < -0.39 is 5.89 Å². The molecule has 0 unspecified atom stereocenters. The molecule has 0 aliphatic heterocycles. The molecule has 0 bridgehead atoms. The van der Waals surface area contributed by atoms with Crippen molar-refractivity contribution in [1.82, 2.24) is 4.98 Å². The molecule has 188 valence electrons. The monoisotopic (exact) mass is 482 g/mol. The van der Waals surface area contributed by atoms with Gasteiger partial charge in [-0.05, 0) is 112 Å². The van der Waals surface area contributed by atoms with E-state index in [0.717, 1.165) is 63.5 Å². The van der Waals surface area contributed by atoms with Crippen LogP contribution in [0.25, 0.3) is 33.3 Å². The third kappa shape index (κ3) is 4.25. The number of rotatable bonds is 3. The molecule has 2 fully saturated rings. The number of benzene rings is 1. The van der Waals surface area contributed by atoms with Gasteiger partial charge >= 0.3 is 0 Å². The standard InChI is InChI=1S/C33H41N2O/c1-21-6-12-27-28-13-7-22(2)34-32(28)36-31(27)30(21)29-20-26(16-19-35(29)5)24-10-8-23(9-11-24)25-14-17-33(3,4)18-15-25/h6-7,12-13,16,19-20,23-25H,8-11,14-15,17-18H2,1-5H3/q+1/i24D. The number of aromatic nitrogens is 2. The summed E-state index contributed by atoms with van der Waals surface area (Å²) in [6.45, 7) is 9.01. The summed E-state index contributed by atoms with van der Waals surface area (Å²) in [5.74, 6) is 1.16. The molecule has 0 amide bonds. The summed E-state index contributed by atoms with van der Waals surface area (Å²) in [5, 5.41) is 2.16. The Morgan fingerprint density at radius 2 is 1.61 bits per heavy atom. The van der Waals surface area contributed by atoms with Crippen molar-refractivity contribution in [2.24, 2.45) is 24.3 Å². The summed E-state index contributed by atoms with van der Waals surface area (Å²) in [7, 11) is 2.10. The van der Waals surface area contributed by atoms with Crippen molar-refractivity contribution in [3.05, 3.63) is 59.4 Å². The molecule has 2 aliphatic carbocycles. The van der Waals surface area contributed by atoms with Gasteiger partial charge in [0, 0.05) is 30.0 Å². The summed E-state index contributed by atoms with van der Waals surface area (Å²) >= 11 is 0. The van der Waals surface area contributed by atoms with Crippen LogP contribution in [0, 0.1) is 31.1 Å². The third-order valence-corrected chi connectivity index (χ3v) is 9.35. The lowest BCUT2D eigenvalue weighted by atomic mass is 9.65. The topological polar surface area (TPSA) is 29.9 Å². The van der Waals surface area contributed by atoms with E-state index in [4.69, 9.17) is 4.42 Å². The first-order chi connectivity index (χ1) is 17.6. The fourth-order valence-electron chi connectivity index (χ4n) is 6.91. The molecule has 3 nitrogen and oxygen atoms in total. The summed E-state index contributed by atoms with van der Waals surface area (Å²) in [6.07, 6.45) is 11.9. The summed E-state index contributed by atoms with van der Waals surface area (Å²) in [6, 6.07) is 12.9. The number of nitrogens with zero attached hydrogens (tertiary/aromatic N) is 2. The highest BCUT2D eigenvalue weighted by molar-refractivity contribution is 6.08. The van der Waals surface area contributed by atoms with E-state index in [-0.39, 0.29) is 0 Å². The second-order valence-electron chi connectivity index (χ2n) is 12.4. The largest absolute Gasteiger partial charge is 0.437 e. The minimum Gasteiger partial charge on any atom is -0.437 e. The molecule has 0 saturated heterocycles. The maximum absolute atomic E-state index is 9.54. The van der Waals surface area contributed by atoms with E-state index in [0.29, 0.717) is 11.1 Å². The van der Waals surface area contributed by atoms with E-state index >= 15 is 0 Å². The lowest BCUT2D eigenvalue weighted by Crippen LogP contribution is -2.31. The van der Waals surface area contributed by atoms with Crippen LogP contribution >= 0.6 is 0 Å².